The van der Waals surface area contributed by atoms with E-state index in [1.54, 1.807) is 0 Å². The number of carbonyl (C=O) groups excluding carboxylic acids is 3. The van der Waals surface area contributed by atoms with E-state index in [2.05, 4.69) is 10.6 Å². The van der Waals surface area contributed by atoms with Gasteiger partial charge in [0.15, 0.2) is 0 Å². The lowest BCUT2D eigenvalue weighted by atomic mass is 9.63. The third kappa shape index (κ3) is 8.41. The Morgan fingerprint density at radius 2 is 1.64 bits per heavy atom. The SMILES string of the molecule is CC(C)(C)NC(=O)C1(C2CCCCC2)CCN(C(=O)C[C@H](Cc2ccc(Cl)cc2)NC(=O)[C@@H]2Cc3ccccc3[C@@H]2N)CC1.Cl. The van der Waals surface area contributed by atoms with Crippen molar-refractivity contribution in [2.45, 2.75) is 103 Å². The Morgan fingerprint density at radius 3 is 2.27 bits per heavy atom. The molecule has 1 aliphatic heterocycles. The first-order chi connectivity index (χ1) is 20.9. The lowest BCUT2D eigenvalue weighted by Crippen LogP contribution is -2.57. The monoisotopic (exact) mass is 656 g/mol. The molecule has 0 unspecified atom stereocenters. The molecular weight excluding hydrogens is 607 g/mol. The Morgan fingerprint density at radius 1 is 1.00 bits per heavy atom. The van der Waals surface area contributed by atoms with Crippen molar-refractivity contribution >= 4 is 41.7 Å². The molecule has 3 amide bonds. The lowest BCUT2D eigenvalue weighted by Gasteiger charge is -2.47. The second kappa shape index (κ2) is 14.9. The predicted octanol–water partition coefficient (Wildman–Crippen LogP) is 6.16. The van der Waals surface area contributed by atoms with Gasteiger partial charge in [0.2, 0.25) is 17.7 Å². The molecule has 9 heteroatoms. The molecule has 0 bridgehead atoms. The van der Waals surface area contributed by atoms with Crippen LogP contribution in [0.1, 0.15) is 94.9 Å². The summed E-state index contributed by atoms with van der Waals surface area (Å²) in [4.78, 5) is 43.1. The van der Waals surface area contributed by atoms with E-state index in [0.29, 0.717) is 49.7 Å². The number of likely N-dealkylation sites (tertiary alicyclic amines) is 1. The highest BCUT2D eigenvalue weighted by molar-refractivity contribution is 6.30. The van der Waals surface area contributed by atoms with Crippen molar-refractivity contribution in [1.29, 1.82) is 0 Å². The van der Waals surface area contributed by atoms with Crippen LogP contribution in [0, 0.1) is 17.3 Å². The van der Waals surface area contributed by atoms with Crippen LogP contribution in [0.25, 0.3) is 0 Å². The van der Waals surface area contributed by atoms with E-state index in [1.165, 1.54) is 19.3 Å². The maximum atomic E-state index is 13.8. The van der Waals surface area contributed by atoms with Gasteiger partial charge in [-0.3, -0.25) is 14.4 Å². The second-order valence-electron chi connectivity index (χ2n) is 14.4. The first-order valence-electron chi connectivity index (χ1n) is 16.4. The van der Waals surface area contributed by atoms with Gasteiger partial charge in [-0.2, -0.15) is 0 Å². The molecule has 1 saturated carbocycles. The zero-order valence-corrected chi connectivity index (χ0v) is 28.5. The van der Waals surface area contributed by atoms with Gasteiger partial charge in [-0.05, 0) is 94.0 Å². The molecule has 3 aliphatic rings. The van der Waals surface area contributed by atoms with Crippen molar-refractivity contribution in [1.82, 2.24) is 15.5 Å². The number of fused-ring (bicyclic) bond motifs is 1. The van der Waals surface area contributed by atoms with E-state index in [1.807, 2.05) is 74.2 Å². The number of nitrogens with zero attached hydrogens (tertiary/aromatic N) is 1. The summed E-state index contributed by atoms with van der Waals surface area (Å²) >= 11 is 6.13. The minimum absolute atomic E-state index is 0. The first-order valence-corrected chi connectivity index (χ1v) is 16.8. The van der Waals surface area contributed by atoms with Crippen molar-refractivity contribution in [3.8, 4) is 0 Å². The third-order valence-corrected chi connectivity index (χ3v) is 10.4. The van der Waals surface area contributed by atoms with Crippen LogP contribution in [-0.2, 0) is 27.2 Å². The van der Waals surface area contributed by atoms with Gasteiger partial charge in [0.05, 0.1) is 11.3 Å². The number of rotatable bonds is 8. The number of nitrogens with two attached hydrogens (primary N) is 1. The number of piperidine rings is 1. The molecule has 3 atom stereocenters. The smallest absolute Gasteiger partial charge is 0.227 e. The molecular formula is C36H50Cl2N4O3. The largest absolute Gasteiger partial charge is 0.352 e. The quantitative estimate of drug-likeness (QED) is 0.317. The summed E-state index contributed by atoms with van der Waals surface area (Å²) in [5.74, 6) is 0.0203. The van der Waals surface area contributed by atoms with Crippen LogP contribution in [0.15, 0.2) is 48.5 Å². The molecule has 0 spiro atoms. The zero-order valence-electron chi connectivity index (χ0n) is 26.9. The molecule has 1 heterocycles. The highest BCUT2D eigenvalue weighted by Gasteiger charge is 2.48. The van der Waals surface area contributed by atoms with Gasteiger partial charge >= 0.3 is 0 Å². The van der Waals surface area contributed by atoms with Gasteiger partial charge in [-0.1, -0.05) is 67.3 Å². The molecule has 2 aliphatic carbocycles. The zero-order chi connectivity index (χ0) is 31.5. The second-order valence-corrected chi connectivity index (χ2v) is 14.8. The van der Waals surface area contributed by atoms with Crippen LogP contribution in [0.4, 0.5) is 0 Å². The molecule has 7 nitrogen and oxygen atoms in total. The highest BCUT2D eigenvalue weighted by Crippen LogP contribution is 2.46. The summed E-state index contributed by atoms with van der Waals surface area (Å²) in [5, 5.41) is 7.13. The van der Waals surface area contributed by atoms with Gasteiger partial charge in [-0.15, -0.1) is 12.4 Å². The van der Waals surface area contributed by atoms with E-state index in [0.717, 1.165) is 29.5 Å². The maximum absolute atomic E-state index is 13.8. The fourth-order valence-corrected chi connectivity index (χ4v) is 7.83. The minimum atomic E-state index is -0.435. The lowest BCUT2D eigenvalue weighted by molar-refractivity contribution is -0.146. The Kier molecular flexibility index (Phi) is 11.6. The van der Waals surface area contributed by atoms with Gasteiger partial charge < -0.3 is 21.3 Å². The molecule has 2 aromatic rings. The fourth-order valence-electron chi connectivity index (χ4n) is 7.71. The number of carbonyl (C=O) groups is 3. The number of hydrogen-bond acceptors (Lipinski definition) is 4. The molecule has 246 valence electrons. The maximum Gasteiger partial charge on any atom is 0.227 e. The Bertz CT molecular complexity index is 1330. The Hall–Kier alpha value is -2.61. The van der Waals surface area contributed by atoms with Gasteiger partial charge in [0.25, 0.3) is 0 Å². The number of nitrogens with one attached hydrogen (secondary N) is 2. The number of halogens is 2. The van der Waals surface area contributed by atoms with Crippen molar-refractivity contribution in [2.24, 2.45) is 23.0 Å². The number of amides is 3. The molecule has 2 fully saturated rings. The summed E-state index contributed by atoms with van der Waals surface area (Å²) in [6.45, 7) is 7.20. The summed E-state index contributed by atoms with van der Waals surface area (Å²) in [6.07, 6.45) is 8.36. The van der Waals surface area contributed by atoms with E-state index < -0.39 is 5.41 Å². The Balaban J connectivity index is 0.00000461. The summed E-state index contributed by atoms with van der Waals surface area (Å²) in [5.41, 5.74) is 8.91. The van der Waals surface area contributed by atoms with Crippen LogP contribution in [-0.4, -0.2) is 47.3 Å². The van der Waals surface area contributed by atoms with Crippen molar-refractivity contribution in [3.05, 3.63) is 70.2 Å². The van der Waals surface area contributed by atoms with Crippen molar-refractivity contribution in [2.75, 3.05) is 13.1 Å². The molecule has 5 rings (SSSR count). The highest BCUT2D eigenvalue weighted by atomic mass is 35.5. The fraction of sp³-hybridized carbons (Fsp3) is 0.583. The van der Waals surface area contributed by atoms with Crippen LogP contribution in [0.5, 0.6) is 0 Å². The van der Waals surface area contributed by atoms with E-state index in [9.17, 15) is 14.4 Å². The number of hydrogen-bond donors (Lipinski definition) is 3. The average molecular weight is 658 g/mol. The predicted molar refractivity (Wildman–Crippen MR) is 182 cm³/mol. The molecule has 1 saturated heterocycles. The van der Waals surface area contributed by atoms with Crippen molar-refractivity contribution < 1.29 is 14.4 Å². The number of benzene rings is 2. The first kappa shape index (κ1) is 35.2. The van der Waals surface area contributed by atoms with Gasteiger partial charge in [-0.25, -0.2) is 0 Å². The van der Waals surface area contributed by atoms with Crippen LogP contribution >= 0.6 is 24.0 Å². The van der Waals surface area contributed by atoms with Crippen LogP contribution in [0.2, 0.25) is 5.02 Å². The molecule has 4 N–H and O–H groups in total. The topological polar surface area (TPSA) is 105 Å². The van der Waals surface area contributed by atoms with E-state index >= 15 is 0 Å². The van der Waals surface area contributed by atoms with Gasteiger partial charge in [0.1, 0.15) is 0 Å². The van der Waals surface area contributed by atoms with Crippen LogP contribution in [0.3, 0.4) is 0 Å². The van der Waals surface area contributed by atoms with Crippen LogP contribution < -0.4 is 16.4 Å². The Labute approximate surface area is 279 Å². The standard InChI is InChI=1S/C36H49ClN4O3.ClH/c1-35(2,3)40-34(44)36(26-10-5-4-6-11-26)17-19-41(20-18-36)31(42)23-28(21-24-13-15-27(37)16-14-24)39-33(43)30-22-25-9-7-8-12-29(25)32(30)38;/h7-9,12-16,26,28,30,32H,4-6,10-11,17-23,38H2,1-3H3,(H,39,43)(H,40,44);1H/t28-,30+,32-;/m0./s1. The van der Waals surface area contributed by atoms with Gasteiger partial charge in [0, 0.05) is 42.2 Å². The van der Waals surface area contributed by atoms with Crippen molar-refractivity contribution in [3.63, 3.8) is 0 Å². The van der Waals surface area contributed by atoms with E-state index in [4.69, 9.17) is 17.3 Å². The minimum Gasteiger partial charge on any atom is -0.352 e. The normalized spacial score (nSPS) is 22.1. The van der Waals surface area contributed by atoms with E-state index in [-0.39, 0.29) is 60.1 Å². The molecule has 0 radical (unpaired) electrons. The summed E-state index contributed by atoms with van der Waals surface area (Å²) in [7, 11) is 0. The summed E-state index contributed by atoms with van der Waals surface area (Å²) < 4.78 is 0. The summed E-state index contributed by atoms with van der Waals surface area (Å²) in [6, 6.07) is 14.7. The average Bonchev–Trinajstić information content (AvgIpc) is 3.34. The third-order valence-electron chi connectivity index (χ3n) is 10.1. The molecule has 2 aromatic carbocycles. The molecule has 0 aromatic heterocycles. The molecule has 45 heavy (non-hydrogen) atoms.